The van der Waals surface area contributed by atoms with Gasteiger partial charge in [-0.25, -0.2) is 15.0 Å². The summed E-state index contributed by atoms with van der Waals surface area (Å²) in [4.78, 5) is 13.6. The summed E-state index contributed by atoms with van der Waals surface area (Å²) in [6.07, 6.45) is 0.530. The summed E-state index contributed by atoms with van der Waals surface area (Å²) >= 11 is 1.52. The molecule has 5 rings (SSSR count). The fourth-order valence-corrected chi connectivity index (χ4v) is 4.97. The highest BCUT2D eigenvalue weighted by atomic mass is 32.2. The Labute approximate surface area is 182 Å². The largest absolute Gasteiger partial charge is 0.385 e. The number of nitrogens with two attached hydrogens (primary N) is 2. The van der Waals surface area contributed by atoms with Crippen LogP contribution in [0.4, 0.5) is 11.6 Å². The van der Waals surface area contributed by atoms with E-state index in [1.165, 1.54) is 18.1 Å². The summed E-state index contributed by atoms with van der Waals surface area (Å²) < 4.78 is 7.80. The molecule has 0 aliphatic carbocycles. The zero-order chi connectivity index (χ0) is 21.8. The Bertz CT molecular complexity index is 1280. The van der Waals surface area contributed by atoms with Crippen LogP contribution in [0.1, 0.15) is 13.2 Å². The van der Waals surface area contributed by atoms with Crippen molar-refractivity contribution in [2.75, 3.05) is 17.2 Å². The van der Waals surface area contributed by atoms with E-state index in [0.717, 1.165) is 15.8 Å². The number of aliphatic hydroxyl groups excluding tert-OH is 1. The van der Waals surface area contributed by atoms with E-state index in [1.807, 2.05) is 24.3 Å². The fourth-order valence-electron chi connectivity index (χ4n) is 3.86. The maximum atomic E-state index is 11.0. The molecule has 0 spiro atoms. The lowest BCUT2D eigenvalue weighted by Crippen LogP contribution is -2.45. The number of hydrogen-bond acceptors (Lipinski definition) is 9. The van der Waals surface area contributed by atoms with Gasteiger partial charge in [-0.05, 0) is 37.3 Å². The monoisotopic (exact) mass is 438 g/mol. The van der Waals surface area contributed by atoms with Crippen LogP contribution in [0.5, 0.6) is 0 Å². The molecule has 0 saturated carbocycles. The van der Waals surface area contributed by atoms with Gasteiger partial charge in [0.1, 0.15) is 41.4 Å². The Hall–Kier alpha value is -2.92. The van der Waals surface area contributed by atoms with E-state index in [0.29, 0.717) is 28.4 Å². The molecule has 10 heteroatoms. The second kappa shape index (κ2) is 7.34. The number of hydrogen-bond donors (Lipinski definition) is 4. The lowest BCUT2D eigenvalue weighted by atomic mass is 9.95. The number of nitrogen functional groups attached to an aromatic ring is 2. The minimum Gasteiger partial charge on any atom is -0.385 e. The molecule has 160 valence electrons. The first-order valence-corrected chi connectivity index (χ1v) is 10.7. The molecule has 4 aromatic rings. The molecule has 0 amide bonds. The minimum atomic E-state index is -1.45. The van der Waals surface area contributed by atoms with E-state index in [2.05, 4.69) is 15.0 Å². The molecule has 0 radical (unpaired) electrons. The zero-order valence-corrected chi connectivity index (χ0v) is 17.5. The minimum absolute atomic E-state index is 0.348. The molecule has 1 aliphatic heterocycles. The molecule has 0 bridgehead atoms. The average molecular weight is 439 g/mol. The molecule has 1 saturated heterocycles. The summed E-state index contributed by atoms with van der Waals surface area (Å²) in [7, 11) is 0. The molecule has 0 unspecified atom stereocenters. The van der Waals surface area contributed by atoms with Gasteiger partial charge in [0.05, 0.1) is 10.9 Å². The van der Waals surface area contributed by atoms with Crippen molar-refractivity contribution in [1.29, 1.82) is 0 Å². The molecule has 9 nitrogen and oxygen atoms in total. The third-order valence-corrected chi connectivity index (χ3v) is 6.78. The van der Waals surface area contributed by atoms with Crippen molar-refractivity contribution >= 4 is 45.3 Å². The normalized spacial score (nSPS) is 26.1. The van der Waals surface area contributed by atoms with Gasteiger partial charge in [0, 0.05) is 22.2 Å². The van der Waals surface area contributed by atoms with Gasteiger partial charge in [0.15, 0.2) is 6.23 Å². The van der Waals surface area contributed by atoms with Crippen LogP contribution in [0.25, 0.3) is 21.9 Å². The predicted molar refractivity (Wildman–Crippen MR) is 119 cm³/mol. The lowest BCUT2D eigenvalue weighted by Gasteiger charge is -2.26. The third-order valence-electron chi connectivity index (χ3n) is 5.73. The number of rotatable bonds is 4. The average Bonchev–Trinajstić information content (AvgIpc) is 3.26. The van der Waals surface area contributed by atoms with Crippen LogP contribution in [0.3, 0.4) is 0 Å². The summed E-state index contributed by atoms with van der Waals surface area (Å²) in [6.45, 7) is 1.58. The van der Waals surface area contributed by atoms with E-state index in [-0.39, 0.29) is 0 Å². The number of anilines is 2. The highest BCUT2D eigenvalue weighted by Crippen LogP contribution is 2.41. The van der Waals surface area contributed by atoms with E-state index in [1.54, 1.807) is 29.8 Å². The third kappa shape index (κ3) is 3.37. The summed E-state index contributed by atoms with van der Waals surface area (Å²) in [5.41, 5.74) is 11.6. The maximum absolute atomic E-state index is 11.0. The van der Waals surface area contributed by atoms with Gasteiger partial charge in [0.25, 0.3) is 0 Å². The van der Waals surface area contributed by atoms with Crippen LogP contribution in [0, 0.1) is 0 Å². The van der Waals surface area contributed by atoms with Gasteiger partial charge < -0.3 is 31.0 Å². The standard InChI is InChI=1S/C21H22N6O3S/c1-21(29)15(9-31-12-4-2-11-3-5-16(22)26-14(11)8-12)30-20(17(21)28)27-7-6-13-18(23)24-10-25-19(13)27/h2-8,10,15,17,20,28-29H,9H2,1H3,(H2,22,26)(H2,23,24,25)/t15-,17+,20-,21-/m1/s1. The van der Waals surface area contributed by atoms with Gasteiger partial charge >= 0.3 is 0 Å². The number of aliphatic hydroxyl groups is 2. The molecule has 1 fully saturated rings. The predicted octanol–water partition coefficient (Wildman–Crippen LogP) is 1.95. The van der Waals surface area contributed by atoms with Gasteiger partial charge in [-0.15, -0.1) is 11.8 Å². The van der Waals surface area contributed by atoms with Crippen molar-refractivity contribution in [2.24, 2.45) is 0 Å². The number of pyridine rings is 1. The SMILES string of the molecule is C[C@@]1(O)[C@@H](CSc2ccc3ccc(N)nc3c2)O[C@@H](n2ccc3c(N)ncnc32)[C@@H]1O. The quantitative estimate of drug-likeness (QED) is 0.351. The van der Waals surface area contributed by atoms with Gasteiger partial charge in [-0.3, -0.25) is 0 Å². The Morgan fingerprint density at radius 1 is 1.19 bits per heavy atom. The molecular weight excluding hydrogens is 416 g/mol. The van der Waals surface area contributed by atoms with Crippen LogP contribution in [-0.4, -0.2) is 53.3 Å². The van der Waals surface area contributed by atoms with Crippen LogP contribution >= 0.6 is 11.8 Å². The Balaban J connectivity index is 1.38. The number of nitrogens with zero attached hydrogens (tertiary/aromatic N) is 4. The Morgan fingerprint density at radius 3 is 2.84 bits per heavy atom. The summed E-state index contributed by atoms with van der Waals surface area (Å²) in [5.74, 6) is 1.25. The zero-order valence-electron chi connectivity index (χ0n) is 16.7. The Morgan fingerprint density at radius 2 is 2.00 bits per heavy atom. The van der Waals surface area contributed by atoms with Crippen molar-refractivity contribution in [3.8, 4) is 0 Å². The van der Waals surface area contributed by atoms with E-state index < -0.39 is 24.0 Å². The molecule has 3 aromatic heterocycles. The van der Waals surface area contributed by atoms with Crippen molar-refractivity contribution in [3.63, 3.8) is 0 Å². The smallest absolute Gasteiger partial charge is 0.164 e. The van der Waals surface area contributed by atoms with E-state index >= 15 is 0 Å². The van der Waals surface area contributed by atoms with Crippen molar-refractivity contribution in [3.05, 3.63) is 48.9 Å². The summed E-state index contributed by atoms with van der Waals surface area (Å²) in [6, 6.07) is 11.4. The maximum Gasteiger partial charge on any atom is 0.164 e. The highest BCUT2D eigenvalue weighted by Gasteiger charge is 2.52. The van der Waals surface area contributed by atoms with Gasteiger partial charge in [-0.1, -0.05) is 6.07 Å². The molecule has 6 N–H and O–H groups in total. The van der Waals surface area contributed by atoms with Crippen LogP contribution < -0.4 is 11.5 Å². The molecule has 1 aromatic carbocycles. The Kier molecular flexibility index (Phi) is 4.74. The molecule has 31 heavy (non-hydrogen) atoms. The van der Waals surface area contributed by atoms with Gasteiger partial charge in [0.2, 0.25) is 0 Å². The number of aromatic nitrogens is 4. The molecular formula is C21H22N6O3S. The first-order valence-electron chi connectivity index (χ1n) is 9.76. The van der Waals surface area contributed by atoms with Gasteiger partial charge in [-0.2, -0.15) is 0 Å². The molecule has 1 aliphatic rings. The van der Waals surface area contributed by atoms with E-state index in [9.17, 15) is 10.2 Å². The first kappa shape index (κ1) is 20.0. The van der Waals surface area contributed by atoms with Crippen molar-refractivity contribution in [1.82, 2.24) is 19.5 Å². The van der Waals surface area contributed by atoms with Crippen LogP contribution in [0.2, 0.25) is 0 Å². The first-order chi connectivity index (χ1) is 14.8. The fraction of sp³-hybridized carbons (Fsp3) is 0.286. The molecule has 4 atom stereocenters. The van der Waals surface area contributed by atoms with Crippen LogP contribution in [0.15, 0.2) is 53.8 Å². The summed E-state index contributed by atoms with van der Waals surface area (Å²) in [5, 5.41) is 23.5. The van der Waals surface area contributed by atoms with Crippen molar-refractivity contribution < 1.29 is 14.9 Å². The van der Waals surface area contributed by atoms with Crippen molar-refractivity contribution in [2.45, 2.75) is 35.9 Å². The lowest BCUT2D eigenvalue weighted by molar-refractivity contribution is -0.0569. The number of fused-ring (bicyclic) bond motifs is 2. The second-order valence-corrected chi connectivity index (χ2v) is 8.90. The van der Waals surface area contributed by atoms with Crippen LogP contribution in [-0.2, 0) is 4.74 Å². The second-order valence-electron chi connectivity index (χ2n) is 7.81. The van der Waals surface area contributed by atoms with E-state index in [4.69, 9.17) is 16.2 Å². The molecule has 4 heterocycles. The number of thioether (sulfide) groups is 1. The topological polar surface area (TPSA) is 145 Å². The number of ether oxygens (including phenoxy) is 1. The highest BCUT2D eigenvalue weighted by molar-refractivity contribution is 7.99. The number of benzene rings is 1.